The Bertz CT molecular complexity index is 1300. The van der Waals surface area contributed by atoms with Gasteiger partial charge in [-0.2, -0.15) is 5.01 Å². The number of hydrazine groups is 1. The maximum atomic E-state index is 12.9. The SMILES string of the molecule is CCOc1cc(/C=C2/SC(=S)N(NC(=O)c3cccs3)C2=O)cc(I)c1OCc1ccc(Cl)cc1. The van der Waals surface area contributed by atoms with Gasteiger partial charge in [-0.3, -0.25) is 15.0 Å². The van der Waals surface area contributed by atoms with Crippen LogP contribution < -0.4 is 14.9 Å². The molecule has 0 spiro atoms. The molecule has 0 unspecified atom stereocenters. The Labute approximate surface area is 234 Å². The molecule has 6 nitrogen and oxygen atoms in total. The number of carbonyl (C=O) groups excluding carboxylic acids is 2. The lowest BCUT2D eigenvalue weighted by Crippen LogP contribution is -2.44. The summed E-state index contributed by atoms with van der Waals surface area (Å²) in [5.74, 6) is 0.422. The zero-order valence-electron chi connectivity index (χ0n) is 18.2. The average Bonchev–Trinajstić information content (AvgIpc) is 3.45. The number of hydrogen-bond acceptors (Lipinski definition) is 7. The molecule has 2 amide bonds. The van der Waals surface area contributed by atoms with Crippen molar-refractivity contribution in [1.29, 1.82) is 0 Å². The van der Waals surface area contributed by atoms with Crippen molar-refractivity contribution in [1.82, 2.24) is 10.4 Å². The Kier molecular flexibility index (Phi) is 8.71. The Morgan fingerprint density at radius 3 is 2.69 bits per heavy atom. The maximum absolute atomic E-state index is 12.9. The first-order valence-electron chi connectivity index (χ1n) is 10.3. The van der Waals surface area contributed by atoms with E-state index in [1.807, 2.05) is 43.3 Å². The molecule has 0 saturated carbocycles. The molecule has 3 aromatic rings. The lowest BCUT2D eigenvalue weighted by Gasteiger charge is -2.15. The van der Waals surface area contributed by atoms with Crippen LogP contribution in [0.15, 0.2) is 58.8 Å². The first-order valence-corrected chi connectivity index (χ1v) is 13.9. The summed E-state index contributed by atoms with van der Waals surface area (Å²) in [6.45, 7) is 2.70. The Morgan fingerprint density at radius 1 is 1.23 bits per heavy atom. The molecule has 1 fully saturated rings. The van der Waals surface area contributed by atoms with E-state index >= 15 is 0 Å². The summed E-state index contributed by atoms with van der Waals surface area (Å²) >= 11 is 15.9. The predicted molar refractivity (Wildman–Crippen MR) is 153 cm³/mol. The summed E-state index contributed by atoms with van der Waals surface area (Å²) in [6, 6.07) is 14.6. The molecule has 35 heavy (non-hydrogen) atoms. The number of thioether (sulfide) groups is 1. The number of nitrogens with zero attached hydrogens (tertiary/aromatic N) is 1. The molecule has 0 atom stereocenters. The monoisotopic (exact) mass is 656 g/mol. The lowest BCUT2D eigenvalue weighted by molar-refractivity contribution is -0.123. The highest BCUT2D eigenvalue weighted by molar-refractivity contribution is 14.1. The van der Waals surface area contributed by atoms with Crippen LogP contribution in [0.25, 0.3) is 6.08 Å². The number of hydrogen-bond donors (Lipinski definition) is 1. The van der Waals surface area contributed by atoms with Gasteiger partial charge in [0.05, 0.1) is 20.0 Å². The maximum Gasteiger partial charge on any atom is 0.285 e. The average molecular weight is 657 g/mol. The van der Waals surface area contributed by atoms with Gasteiger partial charge in [0.1, 0.15) is 6.61 Å². The van der Waals surface area contributed by atoms with Crippen LogP contribution >= 0.6 is 69.5 Å². The molecule has 4 rings (SSSR count). The van der Waals surface area contributed by atoms with Gasteiger partial charge in [-0.05, 0) is 94.6 Å². The van der Waals surface area contributed by atoms with Gasteiger partial charge in [-0.1, -0.05) is 41.6 Å². The fourth-order valence-corrected chi connectivity index (χ4v) is 5.79. The summed E-state index contributed by atoms with van der Waals surface area (Å²) in [4.78, 5) is 26.2. The van der Waals surface area contributed by atoms with E-state index in [0.717, 1.165) is 31.5 Å². The van der Waals surface area contributed by atoms with Crippen molar-refractivity contribution in [2.75, 3.05) is 6.61 Å². The molecular weight excluding hydrogens is 639 g/mol. The van der Waals surface area contributed by atoms with E-state index in [0.29, 0.717) is 39.5 Å². The number of amides is 2. The summed E-state index contributed by atoms with van der Waals surface area (Å²) in [6.07, 6.45) is 1.73. The van der Waals surface area contributed by atoms with Gasteiger partial charge in [-0.25, -0.2) is 0 Å². The van der Waals surface area contributed by atoms with Crippen LogP contribution in [0.2, 0.25) is 5.02 Å². The fraction of sp³-hybridized carbons (Fsp3) is 0.125. The molecule has 2 heterocycles. The van der Waals surface area contributed by atoms with Crippen LogP contribution in [0.3, 0.4) is 0 Å². The highest BCUT2D eigenvalue weighted by atomic mass is 127. The quantitative estimate of drug-likeness (QED) is 0.169. The minimum atomic E-state index is -0.388. The molecule has 1 N–H and O–H groups in total. The number of rotatable bonds is 8. The topological polar surface area (TPSA) is 67.9 Å². The van der Waals surface area contributed by atoms with Gasteiger partial charge >= 0.3 is 0 Å². The van der Waals surface area contributed by atoms with Gasteiger partial charge in [0.15, 0.2) is 15.8 Å². The fourth-order valence-electron chi connectivity index (χ4n) is 3.09. The van der Waals surface area contributed by atoms with Crippen molar-refractivity contribution in [2.45, 2.75) is 13.5 Å². The van der Waals surface area contributed by atoms with Crippen molar-refractivity contribution in [2.24, 2.45) is 0 Å². The predicted octanol–water partition coefficient (Wildman–Crippen LogP) is 6.53. The molecule has 0 radical (unpaired) electrons. The molecule has 0 bridgehead atoms. The van der Waals surface area contributed by atoms with Crippen LogP contribution in [0.5, 0.6) is 11.5 Å². The van der Waals surface area contributed by atoms with E-state index in [2.05, 4.69) is 28.0 Å². The molecule has 1 aliphatic heterocycles. The zero-order valence-corrected chi connectivity index (χ0v) is 23.6. The molecule has 1 saturated heterocycles. The van der Waals surface area contributed by atoms with Crippen LogP contribution in [0.1, 0.15) is 27.7 Å². The normalized spacial score (nSPS) is 14.5. The third kappa shape index (κ3) is 6.36. The molecule has 1 aromatic heterocycles. The largest absolute Gasteiger partial charge is 0.490 e. The number of thiocarbonyl (C=S) groups is 1. The van der Waals surface area contributed by atoms with Gasteiger partial charge in [0.25, 0.3) is 11.8 Å². The van der Waals surface area contributed by atoms with Gasteiger partial charge < -0.3 is 9.47 Å². The van der Waals surface area contributed by atoms with E-state index in [1.54, 1.807) is 23.6 Å². The molecule has 2 aromatic carbocycles. The zero-order chi connectivity index (χ0) is 24.9. The van der Waals surface area contributed by atoms with Crippen LogP contribution in [-0.4, -0.2) is 27.8 Å². The number of halogens is 2. The van der Waals surface area contributed by atoms with Crippen LogP contribution in [0.4, 0.5) is 0 Å². The summed E-state index contributed by atoms with van der Waals surface area (Å²) in [5.41, 5.74) is 4.31. The van der Waals surface area contributed by atoms with Crippen LogP contribution in [-0.2, 0) is 11.4 Å². The van der Waals surface area contributed by atoms with Crippen molar-refractivity contribution in [3.63, 3.8) is 0 Å². The number of thiophene rings is 1. The Balaban J connectivity index is 1.53. The van der Waals surface area contributed by atoms with E-state index in [4.69, 9.17) is 33.3 Å². The molecule has 0 aliphatic carbocycles. The van der Waals surface area contributed by atoms with Crippen molar-refractivity contribution in [3.05, 3.63) is 83.4 Å². The first-order chi connectivity index (χ1) is 16.9. The highest BCUT2D eigenvalue weighted by Gasteiger charge is 2.34. The second kappa shape index (κ2) is 11.7. The number of benzene rings is 2. The third-order valence-corrected chi connectivity index (χ3v) is 7.90. The third-order valence-electron chi connectivity index (χ3n) is 4.68. The molecule has 180 valence electrons. The Hall–Kier alpha value is -2.12. The van der Waals surface area contributed by atoms with Gasteiger partial charge in [0.2, 0.25) is 0 Å². The van der Waals surface area contributed by atoms with E-state index in [9.17, 15) is 9.59 Å². The second-order valence-electron chi connectivity index (χ2n) is 7.11. The van der Waals surface area contributed by atoms with Crippen molar-refractivity contribution >= 4 is 91.7 Å². The standard InChI is InChI=1S/C24H18ClIN2O4S3/c1-2-31-18-11-15(10-17(26)21(18)32-13-14-5-7-16(25)8-6-14)12-20-23(30)28(24(33)35-20)27-22(29)19-4-3-9-34-19/h3-12H,2,13H2,1H3,(H,27,29)/b20-12+. The smallest absolute Gasteiger partial charge is 0.285 e. The van der Waals surface area contributed by atoms with Crippen LogP contribution in [0, 0.1) is 3.57 Å². The molecular formula is C24H18ClIN2O4S3. The minimum Gasteiger partial charge on any atom is -0.490 e. The minimum absolute atomic E-state index is 0.258. The Morgan fingerprint density at radius 2 is 2.00 bits per heavy atom. The van der Waals surface area contributed by atoms with E-state index < -0.39 is 0 Å². The number of ether oxygens (including phenoxy) is 2. The molecule has 1 aliphatic rings. The van der Waals surface area contributed by atoms with Crippen molar-refractivity contribution < 1.29 is 19.1 Å². The molecule has 11 heteroatoms. The summed E-state index contributed by atoms with van der Waals surface area (Å²) in [5, 5.41) is 3.56. The van der Waals surface area contributed by atoms with Gasteiger partial charge in [-0.15, -0.1) is 11.3 Å². The number of nitrogens with one attached hydrogen (secondary N) is 1. The highest BCUT2D eigenvalue weighted by Crippen LogP contribution is 2.37. The summed E-state index contributed by atoms with van der Waals surface area (Å²) < 4.78 is 13.0. The van der Waals surface area contributed by atoms with E-state index in [1.165, 1.54) is 11.3 Å². The van der Waals surface area contributed by atoms with Crippen molar-refractivity contribution in [3.8, 4) is 11.5 Å². The van der Waals surface area contributed by atoms with Gasteiger partial charge in [0, 0.05) is 5.02 Å². The first kappa shape index (κ1) is 26.0. The lowest BCUT2D eigenvalue weighted by atomic mass is 10.1. The second-order valence-corrected chi connectivity index (χ2v) is 11.3. The summed E-state index contributed by atoms with van der Waals surface area (Å²) in [7, 11) is 0. The number of carbonyl (C=O) groups is 2. The van der Waals surface area contributed by atoms with E-state index in [-0.39, 0.29) is 16.1 Å².